The van der Waals surface area contributed by atoms with Crippen LogP contribution in [0.5, 0.6) is 5.75 Å². The molecule has 1 aliphatic rings. The largest absolute Gasteiger partial charge is 0.494 e. The van der Waals surface area contributed by atoms with Crippen molar-refractivity contribution < 1.29 is 14.5 Å². The highest BCUT2D eigenvalue weighted by molar-refractivity contribution is 7.22. The van der Waals surface area contributed by atoms with Crippen molar-refractivity contribution in [2.24, 2.45) is 0 Å². The summed E-state index contributed by atoms with van der Waals surface area (Å²) >= 11 is 1.44. The number of piperidine rings is 1. The van der Waals surface area contributed by atoms with E-state index in [9.17, 15) is 14.9 Å². The zero-order valence-corrected chi connectivity index (χ0v) is 22.1. The lowest BCUT2D eigenvalue weighted by molar-refractivity contribution is -0.384. The van der Waals surface area contributed by atoms with Gasteiger partial charge in [-0.15, -0.1) is 0 Å². The van der Waals surface area contributed by atoms with Crippen molar-refractivity contribution in [1.29, 1.82) is 0 Å². The molecule has 36 heavy (non-hydrogen) atoms. The molecule has 4 rings (SSSR count). The summed E-state index contributed by atoms with van der Waals surface area (Å²) in [6.07, 6.45) is 3.89. The molecule has 0 saturated carbocycles. The highest BCUT2D eigenvalue weighted by Gasteiger charge is 2.27. The first-order valence-corrected chi connectivity index (χ1v) is 13.1. The molecule has 9 nitrogen and oxygen atoms in total. The number of anilines is 2. The van der Waals surface area contributed by atoms with E-state index in [2.05, 4.69) is 4.90 Å². The van der Waals surface area contributed by atoms with E-state index >= 15 is 0 Å². The van der Waals surface area contributed by atoms with Gasteiger partial charge in [-0.05, 0) is 77.0 Å². The molecule has 2 aromatic carbocycles. The minimum Gasteiger partial charge on any atom is -0.494 e. The quantitative estimate of drug-likeness (QED) is 0.291. The second-order valence-corrected chi connectivity index (χ2v) is 10.4. The van der Waals surface area contributed by atoms with Gasteiger partial charge in [0.2, 0.25) is 0 Å². The summed E-state index contributed by atoms with van der Waals surface area (Å²) in [4.78, 5) is 35.9. The molecule has 0 unspecified atom stereocenters. The molecule has 0 atom stereocenters. The number of carbonyl (C=O) groups is 1. The predicted octanol–water partition coefficient (Wildman–Crippen LogP) is 5.11. The fraction of sp³-hybridized carbons (Fsp3) is 0.462. The molecule has 1 aliphatic heterocycles. The molecule has 0 radical (unpaired) electrons. The molecule has 1 saturated heterocycles. The van der Waals surface area contributed by atoms with E-state index < -0.39 is 0 Å². The second-order valence-electron chi connectivity index (χ2n) is 9.38. The summed E-state index contributed by atoms with van der Waals surface area (Å²) in [5.74, 6) is 0.359. The average molecular weight is 512 g/mol. The van der Waals surface area contributed by atoms with Gasteiger partial charge in [0.15, 0.2) is 5.13 Å². The lowest BCUT2D eigenvalue weighted by Gasteiger charge is -2.28. The van der Waals surface area contributed by atoms with Gasteiger partial charge in [-0.25, -0.2) is 4.98 Å². The van der Waals surface area contributed by atoms with Crippen LogP contribution in [-0.4, -0.2) is 68.1 Å². The number of thiazole rings is 1. The maximum absolute atomic E-state index is 13.8. The van der Waals surface area contributed by atoms with Gasteiger partial charge in [-0.2, -0.15) is 0 Å². The lowest BCUT2D eigenvalue weighted by atomic mass is 10.1. The first kappa shape index (κ1) is 25.8. The number of rotatable bonds is 9. The maximum atomic E-state index is 13.8. The van der Waals surface area contributed by atoms with Crippen LogP contribution in [0.15, 0.2) is 30.3 Å². The summed E-state index contributed by atoms with van der Waals surface area (Å²) in [6.45, 7) is 4.82. The Bertz CT molecular complexity index is 1250. The van der Waals surface area contributed by atoms with Crippen LogP contribution in [-0.2, 0) is 0 Å². The number of fused-ring (bicyclic) bond motifs is 1. The highest BCUT2D eigenvalue weighted by Crippen LogP contribution is 2.38. The lowest BCUT2D eigenvalue weighted by Crippen LogP contribution is -2.34. The van der Waals surface area contributed by atoms with Crippen LogP contribution in [0.4, 0.5) is 16.5 Å². The first-order valence-electron chi connectivity index (χ1n) is 12.2. The summed E-state index contributed by atoms with van der Waals surface area (Å²) in [6, 6.07) is 8.70. The van der Waals surface area contributed by atoms with Gasteiger partial charge in [0, 0.05) is 31.3 Å². The molecular formula is C26H33N5O4S. The number of carbonyl (C=O) groups excluding carboxylic acids is 1. The van der Waals surface area contributed by atoms with Gasteiger partial charge in [-0.1, -0.05) is 17.4 Å². The minimum absolute atomic E-state index is 0.0298. The molecule has 1 fully saturated rings. The van der Waals surface area contributed by atoms with Crippen LogP contribution in [0.1, 0.15) is 41.6 Å². The van der Waals surface area contributed by atoms with Crippen molar-refractivity contribution in [3.63, 3.8) is 0 Å². The standard InChI is InChI=1S/C26H33N5O4S/c1-18-9-12-22(35-4)23-24(18)36-26(27-23)30(16-8-13-28(2)3)25(32)19-10-11-20(21(17-19)31(33)34)29-14-6-5-7-15-29/h9-12,17H,5-8,13-16H2,1-4H3. The minimum atomic E-state index is -0.386. The van der Waals surface area contributed by atoms with E-state index in [1.165, 1.54) is 17.4 Å². The number of methoxy groups -OCH3 is 1. The number of aromatic nitrogens is 1. The van der Waals surface area contributed by atoms with Crippen LogP contribution in [0, 0.1) is 17.0 Å². The Morgan fingerprint density at radius 3 is 2.58 bits per heavy atom. The van der Waals surface area contributed by atoms with Gasteiger partial charge in [0.1, 0.15) is 17.0 Å². The molecule has 0 bridgehead atoms. The van der Waals surface area contributed by atoms with E-state index in [0.29, 0.717) is 28.6 Å². The summed E-state index contributed by atoms with van der Waals surface area (Å²) in [5.41, 5.74) is 2.61. The Hall–Kier alpha value is -3.24. The summed E-state index contributed by atoms with van der Waals surface area (Å²) in [7, 11) is 5.58. The van der Waals surface area contributed by atoms with Crippen LogP contribution in [0.25, 0.3) is 10.2 Å². The van der Waals surface area contributed by atoms with E-state index in [1.807, 2.05) is 38.1 Å². The van der Waals surface area contributed by atoms with E-state index in [1.54, 1.807) is 24.1 Å². The number of ether oxygens (including phenoxy) is 1. The van der Waals surface area contributed by atoms with Crippen molar-refractivity contribution in [3.05, 3.63) is 51.6 Å². The molecule has 10 heteroatoms. The van der Waals surface area contributed by atoms with Crippen molar-refractivity contribution in [1.82, 2.24) is 9.88 Å². The number of nitro benzene ring substituents is 1. The number of hydrogen-bond acceptors (Lipinski definition) is 8. The Morgan fingerprint density at radius 2 is 1.92 bits per heavy atom. The Kier molecular flexibility index (Phi) is 8.05. The molecule has 0 spiro atoms. The number of benzene rings is 2. The van der Waals surface area contributed by atoms with E-state index in [0.717, 1.165) is 55.6 Å². The molecule has 3 aromatic rings. The topological polar surface area (TPSA) is 92.0 Å². The van der Waals surface area contributed by atoms with Gasteiger partial charge in [0.05, 0.1) is 16.7 Å². The number of hydrogen-bond donors (Lipinski definition) is 0. The number of aryl methyl sites for hydroxylation is 1. The number of amides is 1. The smallest absolute Gasteiger partial charge is 0.293 e. The van der Waals surface area contributed by atoms with Gasteiger partial charge in [-0.3, -0.25) is 19.8 Å². The molecule has 0 aliphatic carbocycles. The van der Waals surface area contributed by atoms with Crippen molar-refractivity contribution in [2.45, 2.75) is 32.6 Å². The molecular weight excluding hydrogens is 478 g/mol. The molecule has 0 N–H and O–H groups in total. The van der Waals surface area contributed by atoms with Crippen LogP contribution < -0.4 is 14.5 Å². The fourth-order valence-corrected chi connectivity index (χ4v) is 5.64. The van der Waals surface area contributed by atoms with Gasteiger partial charge in [0.25, 0.3) is 11.6 Å². The zero-order valence-electron chi connectivity index (χ0n) is 21.3. The van der Waals surface area contributed by atoms with Crippen LogP contribution >= 0.6 is 11.3 Å². The van der Waals surface area contributed by atoms with Gasteiger partial charge >= 0.3 is 0 Å². The Labute approximate surface area is 215 Å². The van der Waals surface area contributed by atoms with Crippen LogP contribution in [0.3, 0.4) is 0 Å². The van der Waals surface area contributed by atoms with E-state index in [4.69, 9.17) is 9.72 Å². The maximum Gasteiger partial charge on any atom is 0.293 e. The SMILES string of the molecule is COc1ccc(C)c2sc(N(CCCN(C)C)C(=O)c3ccc(N4CCCCC4)c([N+](=O)[O-])c3)nc12. The normalized spacial score (nSPS) is 13.9. The second kappa shape index (κ2) is 11.2. The summed E-state index contributed by atoms with van der Waals surface area (Å²) in [5, 5.41) is 12.5. The average Bonchev–Trinajstić information content (AvgIpc) is 3.32. The van der Waals surface area contributed by atoms with Gasteiger partial charge < -0.3 is 14.5 Å². The Morgan fingerprint density at radius 1 is 1.17 bits per heavy atom. The van der Waals surface area contributed by atoms with Crippen molar-refractivity contribution in [2.75, 3.05) is 57.2 Å². The van der Waals surface area contributed by atoms with Crippen molar-refractivity contribution in [3.8, 4) is 5.75 Å². The third-order valence-corrected chi connectivity index (χ3v) is 7.70. The number of nitro groups is 1. The van der Waals surface area contributed by atoms with E-state index in [-0.39, 0.29) is 22.1 Å². The highest BCUT2D eigenvalue weighted by atomic mass is 32.1. The fourth-order valence-electron chi connectivity index (χ4n) is 4.57. The van der Waals surface area contributed by atoms with Crippen LogP contribution in [0.2, 0.25) is 0 Å². The molecule has 1 amide bonds. The molecule has 192 valence electrons. The Balaban J connectivity index is 1.72. The van der Waals surface area contributed by atoms with Crippen molar-refractivity contribution >= 4 is 44.0 Å². The zero-order chi connectivity index (χ0) is 25.8. The monoisotopic (exact) mass is 511 g/mol. The molecule has 1 aromatic heterocycles. The number of nitrogens with zero attached hydrogens (tertiary/aromatic N) is 5. The first-order chi connectivity index (χ1) is 17.3. The molecule has 2 heterocycles. The summed E-state index contributed by atoms with van der Waals surface area (Å²) < 4.78 is 6.46. The predicted molar refractivity (Wildman–Crippen MR) is 145 cm³/mol. The third kappa shape index (κ3) is 5.44. The third-order valence-electron chi connectivity index (χ3n) is 6.49.